The maximum absolute atomic E-state index is 12.6. The zero-order valence-corrected chi connectivity index (χ0v) is 24.3. The third-order valence-corrected chi connectivity index (χ3v) is 8.40. The van der Waals surface area contributed by atoms with Gasteiger partial charge < -0.3 is 19.3 Å². The van der Waals surface area contributed by atoms with Gasteiger partial charge in [-0.2, -0.15) is 0 Å². The summed E-state index contributed by atoms with van der Waals surface area (Å²) in [5, 5.41) is 12.6. The second kappa shape index (κ2) is 13.5. The zero-order valence-electron chi connectivity index (χ0n) is 24.3. The fraction of sp³-hybridized carbons (Fsp3) is 0.231. The van der Waals surface area contributed by atoms with Crippen LogP contribution in [0.3, 0.4) is 0 Å². The van der Waals surface area contributed by atoms with E-state index < -0.39 is 23.4 Å². The summed E-state index contributed by atoms with van der Waals surface area (Å²) in [6, 6.07) is 51.0. The molecule has 0 radical (unpaired) electrons. The molecule has 0 saturated heterocycles. The summed E-state index contributed by atoms with van der Waals surface area (Å²) >= 11 is 0. The molecule has 1 saturated carbocycles. The van der Waals surface area contributed by atoms with Gasteiger partial charge in [0, 0.05) is 0 Å². The topological polar surface area (TPSA) is 47.9 Å². The van der Waals surface area contributed by atoms with Crippen molar-refractivity contribution in [1.29, 1.82) is 0 Å². The molecule has 0 aromatic heterocycles. The Bertz CT molecular complexity index is 1430. The molecule has 0 amide bonds. The van der Waals surface area contributed by atoms with Gasteiger partial charge >= 0.3 is 0 Å². The molecule has 43 heavy (non-hydrogen) atoms. The van der Waals surface area contributed by atoms with Gasteiger partial charge in [-0.1, -0.05) is 152 Å². The molecule has 5 aromatic carbocycles. The smallest absolute Gasteiger partial charge is 0.144 e. The first-order valence-electron chi connectivity index (χ1n) is 15.0. The lowest BCUT2D eigenvalue weighted by Gasteiger charge is -2.43. The fourth-order valence-electron chi connectivity index (χ4n) is 6.20. The van der Waals surface area contributed by atoms with Gasteiger partial charge in [-0.3, -0.25) is 0 Å². The van der Waals surface area contributed by atoms with Gasteiger partial charge in [0.15, 0.2) is 0 Å². The molecule has 1 aliphatic rings. The van der Waals surface area contributed by atoms with Crippen molar-refractivity contribution in [2.45, 2.75) is 49.5 Å². The van der Waals surface area contributed by atoms with Crippen molar-refractivity contribution < 1.29 is 19.3 Å². The van der Waals surface area contributed by atoms with Crippen LogP contribution in [0.4, 0.5) is 0 Å². The Labute approximate surface area is 254 Å². The van der Waals surface area contributed by atoms with E-state index in [1.165, 1.54) is 0 Å². The Kier molecular flexibility index (Phi) is 9.11. The standard InChI is InChI=1S/C39H38O4/c40-38(30-41-28-31-16-6-1-7-17-31)36(42-29-32-18-8-2-9-19-32)26-27-37(38)43-39(33-20-10-3-11-21-33,34-22-12-4-13-23-34)35-24-14-5-15-25-35/h1-25,36-37,40H,26-30H2/t36-,37-,38+/m0/s1. The molecule has 3 atom stereocenters. The monoisotopic (exact) mass is 570 g/mol. The van der Waals surface area contributed by atoms with E-state index in [0.717, 1.165) is 27.8 Å². The van der Waals surface area contributed by atoms with Crippen LogP contribution in [0, 0.1) is 0 Å². The predicted octanol–water partition coefficient (Wildman–Crippen LogP) is 7.69. The van der Waals surface area contributed by atoms with Crippen LogP contribution < -0.4 is 0 Å². The molecule has 0 aliphatic heterocycles. The van der Waals surface area contributed by atoms with Gasteiger partial charge in [-0.05, 0) is 40.7 Å². The van der Waals surface area contributed by atoms with E-state index in [4.69, 9.17) is 14.2 Å². The summed E-state index contributed by atoms with van der Waals surface area (Å²) in [5.74, 6) is 0. The van der Waals surface area contributed by atoms with Gasteiger partial charge in [0.05, 0.1) is 32.0 Å². The molecular weight excluding hydrogens is 532 g/mol. The number of ether oxygens (including phenoxy) is 3. The number of aliphatic hydroxyl groups is 1. The third-order valence-electron chi connectivity index (χ3n) is 8.40. The minimum Gasteiger partial charge on any atom is -0.382 e. The van der Waals surface area contributed by atoms with Crippen LogP contribution in [0.15, 0.2) is 152 Å². The molecule has 0 heterocycles. The summed E-state index contributed by atoms with van der Waals surface area (Å²) in [6.07, 6.45) is 0.244. The molecule has 218 valence electrons. The average Bonchev–Trinajstić information content (AvgIpc) is 3.38. The maximum Gasteiger partial charge on any atom is 0.144 e. The first-order valence-corrected chi connectivity index (χ1v) is 15.0. The molecule has 4 nitrogen and oxygen atoms in total. The normalized spacial score (nSPS) is 20.2. The minimum absolute atomic E-state index is 0.0838. The Hall–Kier alpha value is -4.06. The van der Waals surface area contributed by atoms with E-state index in [2.05, 4.69) is 36.4 Å². The third kappa shape index (κ3) is 6.34. The highest BCUT2D eigenvalue weighted by molar-refractivity contribution is 5.47. The summed E-state index contributed by atoms with van der Waals surface area (Å²) in [7, 11) is 0. The molecule has 0 unspecified atom stereocenters. The van der Waals surface area contributed by atoms with Crippen molar-refractivity contribution in [3.8, 4) is 0 Å². The number of benzene rings is 5. The van der Waals surface area contributed by atoms with E-state index in [9.17, 15) is 5.11 Å². The first kappa shape index (κ1) is 29.0. The summed E-state index contributed by atoms with van der Waals surface area (Å²) in [6.45, 7) is 0.878. The summed E-state index contributed by atoms with van der Waals surface area (Å²) in [4.78, 5) is 0. The van der Waals surface area contributed by atoms with Crippen LogP contribution in [0.2, 0.25) is 0 Å². The van der Waals surface area contributed by atoms with Crippen molar-refractivity contribution in [3.05, 3.63) is 179 Å². The number of hydrogen-bond acceptors (Lipinski definition) is 4. The highest BCUT2D eigenvalue weighted by Gasteiger charge is 2.54. The van der Waals surface area contributed by atoms with Crippen LogP contribution in [0.5, 0.6) is 0 Å². The molecule has 6 rings (SSSR count). The van der Waals surface area contributed by atoms with Crippen molar-refractivity contribution in [3.63, 3.8) is 0 Å². The largest absolute Gasteiger partial charge is 0.382 e. The van der Waals surface area contributed by atoms with E-state index in [-0.39, 0.29) is 6.61 Å². The van der Waals surface area contributed by atoms with Gasteiger partial charge in [-0.15, -0.1) is 0 Å². The van der Waals surface area contributed by atoms with Gasteiger partial charge in [0.25, 0.3) is 0 Å². The minimum atomic E-state index is -1.38. The lowest BCUT2D eigenvalue weighted by molar-refractivity contribution is -0.202. The first-order chi connectivity index (χ1) is 21.2. The Morgan fingerprint density at radius 2 is 0.930 bits per heavy atom. The maximum atomic E-state index is 12.6. The van der Waals surface area contributed by atoms with E-state index in [1.807, 2.05) is 115 Å². The van der Waals surface area contributed by atoms with E-state index >= 15 is 0 Å². The van der Waals surface area contributed by atoms with E-state index in [0.29, 0.717) is 26.1 Å². The Balaban J connectivity index is 1.37. The van der Waals surface area contributed by atoms with Gasteiger partial charge in [0.2, 0.25) is 0 Å². The molecule has 4 heteroatoms. The molecule has 1 fully saturated rings. The fourth-order valence-corrected chi connectivity index (χ4v) is 6.20. The predicted molar refractivity (Wildman–Crippen MR) is 169 cm³/mol. The molecule has 1 N–H and O–H groups in total. The number of rotatable bonds is 12. The van der Waals surface area contributed by atoms with Crippen molar-refractivity contribution in [2.24, 2.45) is 0 Å². The molecule has 1 aliphatic carbocycles. The second-order valence-corrected chi connectivity index (χ2v) is 11.2. The Morgan fingerprint density at radius 1 is 0.535 bits per heavy atom. The molecule has 5 aromatic rings. The van der Waals surface area contributed by atoms with Crippen LogP contribution in [-0.4, -0.2) is 29.5 Å². The summed E-state index contributed by atoms with van der Waals surface area (Å²) in [5.41, 5.74) is 2.75. The Morgan fingerprint density at radius 3 is 1.40 bits per heavy atom. The lowest BCUT2D eigenvalue weighted by Crippen LogP contribution is -2.54. The quantitative estimate of drug-likeness (QED) is 0.156. The van der Waals surface area contributed by atoms with Crippen LogP contribution in [0.25, 0.3) is 0 Å². The van der Waals surface area contributed by atoms with Gasteiger partial charge in [0.1, 0.15) is 11.2 Å². The average molecular weight is 571 g/mol. The SMILES string of the molecule is O[C@]1(COCc2ccccc2)[C@@H](OCc2ccccc2)CC[C@@H]1OC(c1ccccc1)(c1ccccc1)c1ccccc1. The van der Waals surface area contributed by atoms with Crippen molar-refractivity contribution in [2.75, 3.05) is 6.61 Å². The van der Waals surface area contributed by atoms with Crippen LogP contribution in [0.1, 0.15) is 40.7 Å². The summed E-state index contributed by atoms with van der Waals surface area (Å²) < 4.78 is 20.0. The highest BCUT2D eigenvalue weighted by Crippen LogP contribution is 2.46. The molecule has 0 spiro atoms. The van der Waals surface area contributed by atoms with Gasteiger partial charge in [-0.25, -0.2) is 0 Å². The molecular formula is C39H38O4. The second-order valence-electron chi connectivity index (χ2n) is 11.2. The van der Waals surface area contributed by atoms with Crippen molar-refractivity contribution >= 4 is 0 Å². The highest BCUT2D eigenvalue weighted by atomic mass is 16.6. The van der Waals surface area contributed by atoms with E-state index in [1.54, 1.807) is 0 Å². The lowest BCUT2D eigenvalue weighted by atomic mass is 9.79. The zero-order chi connectivity index (χ0) is 29.4. The van der Waals surface area contributed by atoms with Crippen LogP contribution >= 0.6 is 0 Å². The molecule has 0 bridgehead atoms. The van der Waals surface area contributed by atoms with Crippen molar-refractivity contribution in [1.82, 2.24) is 0 Å². The number of hydrogen-bond donors (Lipinski definition) is 1. The van der Waals surface area contributed by atoms with Crippen LogP contribution in [-0.2, 0) is 33.0 Å².